The quantitative estimate of drug-likeness (QED) is 0.309. The van der Waals surface area contributed by atoms with Crippen LogP contribution in [0.1, 0.15) is 41.5 Å². The molecule has 0 unspecified atom stereocenters. The van der Waals surface area contributed by atoms with Gasteiger partial charge < -0.3 is 14.2 Å². The van der Waals surface area contributed by atoms with Crippen molar-refractivity contribution in [1.29, 1.82) is 0 Å². The van der Waals surface area contributed by atoms with Crippen molar-refractivity contribution in [3.05, 3.63) is 0 Å². The summed E-state index contributed by atoms with van der Waals surface area (Å²) in [6.07, 6.45) is -0.663. The number of carbonyl (C=O) groups excluding carboxylic acids is 2. The molecule has 0 fully saturated rings. The molecule has 6 heteroatoms. The van der Waals surface area contributed by atoms with E-state index in [1.807, 2.05) is 0 Å². The molecule has 0 saturated carbocycles. The van der Waals surface area contributed by atoms with Gasteiger partial charge in [-0.1, -0.05) is 0 Å². The van der Waals surface area contributed by atoms with E-state index in [9.17, 15) is 9.59 Å². The van der Waals surface area contributed by atoms with Crippen molar-refractivity contribution < 1.29 is 45.5 Å². The first kappa shape index (κ1) is 20.1. The van der Waals surface area contributed by atoms with Crippen LogP contribution in [-0.2, 0) is 45.5 Å². The van der Waals surface area contributed by atoms with Crippen LogP contribution < -0.4 is 0 Å². The number of rotatable bonds is 7. The molecular weight excluding hydrogens is 272 g/mol. The number of esters is 1. The van der Waals surface area contributed by atoms with Gasteiger partial charge in [0, 0.05) is 28.6 Å². The molecule has 0 radical (unpaired) electrons. The van der Waals surface area contributed by atoms with E-state index >= 15 is 0 Å². The van der Waals surface area contributed by atoms with Gasteiger partial charge in [0.05, 0.1) is 18.8 Å². The summed E-state index contributed by atoms with van der Waals surface area (Å²) in [5, 5.41) is 0. The van der Waals surface area contributed by atoms with Gasteiger partial charge in [-0.25, -0.2) is 4.79 Å². The Morgan fingerprint density at radius 3 is 1.67 bits per heavy atom. The van der Waals surface area contributed by atoms with Crippen molar-refractivity contribution >= 4 is 11.8 Å². The maximum atomic E-state index is 11.9. The first-order valence-corrected chi connectivity index (χ1v) is 5.80. The summed E-state index contributed by atoms with van der Waals surface area (Å²) >= 11 is 0. The second-order valence-corrected chi connectivity index (χ2v) is 4.23. The maximum Gasteiger partial charge on any atom is 0.375 e. The van der Waals surface area contributed by atoms with E-state index in [-0.39, 0.29) is 40.5 Å². The molecule has 0 heterocycles. The minimum atomic E-state index is -1.95. The Morgan fingerprint density at radius 1 is 1.06 bits per heavy atom. The summed E-state index contributed by atoms with van der Waals surface area (Å²) in [5.41, 5.74) is 0. The van der Waals surface area contributed by atoms with E-state index in [0.29, 0.717) is 0 Å². The van der Waals surface area contributed by atoms with E-state index in [4.69, 9.17) is 14.2 Å². The fourth-order valence-corrected chi connectivity index (χ4v) is 1.32. The molecule has 0 saturated heterocycles. The number of carbonyl (C=O) groups is 2. The maximum absolute atomic E-state index is 11.9. The predicted octanol–water partition coefficient (Wildman–Crippen LogP) is 1.68. The van der Waals surface area contributed by atoms with Crippen molar-refractivity contribution in [3.8, 4) is 0 Å². The molecule has 0 aliphatic carbocycles. The molecule has 0 N–H and O–H groups in total. The Bertz CT molecular complexity index is 266. The van der Waals surface area contributed by atoms with Crippen LogP contribution in [-0.4, -0.2) is 36.4 Å². The molecule has 0 bridgehead atoms. The molecule has 0 aliphatic rings. The number of hydrogen-bond donors (Lipinski definition) is 0. The number of ketones is 1. The fraction of sp³-hybridized carbons (Fsp3) is 0.833. The van der Waals surface area contributed by atoms with Crippen molar-refractivity contribution in [2.24, 2.45) is 0 Å². The van der Waals surface area contributed by atoms with Gasteiger partial charge in [0.25, 0.3) is 0 Å². The largest absolute Gasteiger partial charge is 0.462 e. The third-order valence-corrected chi connectivity index (χ3v) is 1.81. The number of hydrogen-bond acceptors (Lipinski definition) is 5. The molecule has 0 aromatic rings. The Labute approximate surface area is 123 Å². The first-order chi connectivity index (χ1) is 7.76. The van der Waals surface area contributed by atoms with Crippen LogP contribution in [0.3, 0.4) is 0 Å². The van der Waals surface area contributed by atoms with Crippen molar-refractivity contribution in [2.75, 3.05) is 6.61 Å². The van der Waals surface area contributed by atoms with E-state index < -0.39 is 17.5 Å². The van der Waals surface area contributed by atoms with Crippen LogP contribution in [0, 0.1) is 0 Å². The standard InChI is InChI=1S/C12H22O5.Ti/c1-7-15-11(14)12(10(6)13,16-8(2)3)17-9(4)5;/h8-9H,7H2,1-6H3;. The smallest absolute Gasteiger partial charge is 0.375 e. The molecule has 0 amide bonds. The normalized spacial score (nSPS) is 11.3. The fourth-order valence-electron chi connectivity index (χ4n) is 1.32. The minimum absolute atomic E-state index is 0. The summed E-state index contributed by atoms with van der Waals surface area (Å²) in [6, 6.07) is 0. The molecule has 18 heavy (non-hydrogen) atoms. The Hall–Kier alpha value is -0.226. The van der Waals surface area contributed by atoms with Gasteiger partial charge in [-0.15, -0.1) is 0 Å². The van der Waals surface area contributed by atoms with E-state index in [0.717, 1.165) is 0 Å². The second kappa shape index (κ2) is 8.80. The van der Waals surface area contributed by atoms with E-state index in [2.05, 4.69) is 0 Å². The van der Waals surface area contributed by atoms with Gasteiger partial charge >= 0.3 is 11.8 Å². The van der Waals surface area contributed by atoms with Crippen LogP contribution in [0.15, 0.2) is 0 Å². The Balaban J connectivity index is 0. The van der Waals surface area contributed by atoms with Crippen molar-refractivity contribution in [3.63, 3.8) is 0 Å². The summed E-state index contributed by atoms with van der Waals surface area (Å²) in [6.45, 7) is 9.97. The summed E-state index contributed by atoms with van der Waals surface area (Å²) in [5.74, 6) is -3.26. The number of Topliss-reactive ketones (excluding diaryl/α,β-unsaturated/α-hetero) is 1. The summed E-state index contributed by atoms with van der Waals surface area (Å²) < 4.78 is 15.6. The number of ether oxygens (including phenoxy) is 3. The Morgan fingerprint density at radius 2 is 1.44 bits per heavy atom. The van der Waals surface area contributed by atoms with Gasteiger partial charge in [-0.05, 0) is 34.6 Å². The topological polar surface area (TPSA) is 61.8 Å². The van der Waals surface area contributed by atoms with Crippen LogP contribution in [0.25, 0.3) is 0 Å². The third-order valence-electron chi connectivity index (χ3n) is 1.81. The SMILES string of the molecule is CCOC(=O)C(OC(C)C)(OC(C)C)C(C)=O.[Ti]. The van der Waals surface area contributed by atoms with Crippen molar-refractivity contribution in [2.45, 2.75) is 59.5 Å². The van der Waals surface area contributed by atoms with E-state index in [1.165, 1.54) is 6.92 Å². The molecule has 0 aromatic heterocycles. The van der Waals surface area contributed by atoms with Crippen LogP contribution >= 0.6 is 0 Å². The summed E-state index contributed by atoms with van der Waals surface area (Å²) in [7, 11) is 0. The summed E-state index contributed by atoms with van der Waals surface area (Å²) in [4.78, 5) is 23.6. The van der Waals surface area contributed by atoms with Gasteiger partial charge in [0.2, 0.25) is 5.78 Å². The van der Waals surface area contributed by atoms with Gasteiger partial charge in [-0.3, -0.25) is 4.79 Å². The zero-order chi connectivity index (χ0) is 13.6. The molecule has 104 valence electrons. The Kier molecular flexibility index (Phi) is 9.83. The minimum Gasteiger partial charge on any atom is -0.462 e. The zero-order valence-corrected chi connectivity index (χ0v) is 13.5. The molecule has 5 nitrogen and oxygen atoms in total. The second-order valence-electron chi connectivity index (χ2n) is 4.23. The molecule has 0 aliphatic heterocycles. The third kappa shape index (κ3) is 5.61. The van der Waals surface area contributed by atoms with Gasteiger partial charge in [0.15, 0.2) is 0 Å². The zero-order valence-electron chi connectivity index (χ0n) is 11.9. The van der Waals surface area contributed by atoms with Gasteiger partial charge in [0.1, 0.15) is 0 Å². The van der Waals surface area contributed by atoms with Crippen molar-refractivity contribution in [1.82, 2.24) is 0 Å². The molecule has 0 spiro atoms. The average Bonchev–Trinajstić information content (AvgIpc) is 2.14. The van der Waals surface area contributed by atoms with Crippen LogP contribution in [0.4, 0.5) is 0 Å². The molecule has 0 aromatic carbocycles. The molecule has 0 rings (SSSR count). The molecule has 0 atom stereocenters. The first-order valence-electron chi connectivity index (χ1n) is 5.80. The molecular formula is C12H22O5Ti. The van der Waals surface area contributed by atoms with E-state index in [1.54, 1.807) is 34.6 Å². The van der Waals surface area contributed by atoms with Crippen LogP contribution in [0.5, 0.6) is 0 Å². The monoisotopic (exact) mass is 294 g/mol. The predicted molar refractivity (Wildman–Crippen MR) is 62.5 cm³/mol. The average molecular weight is 294 g/mol. The van der Waals surface area contributed by atoms with Crippen LogP contribution in [0.2, 0.25) is 0 Å². The van der Waals surface area contributed by atoms with Gasteiger partial charge in [-0.2, -0.15) is 0 Å².